The van der Waals surface area contributed by atoms with E-state index in [1.165, 1.54) is 28.3 Å². The molecule has 612 valence electrons. The van der Waals surface area contributed by atoms with E-state index in [1.54, 1.807) is 66.0 Å². The molecule has 3 saturated heterocycles. The minimum absolute atomic E-state index is 0.00527. The molecule has 21 atom stereocenters. The van der Waals surface area contributed by atoms with Gasteiger partial charge in [-0.05, 0) is 172 Å². The first-order valence-electron chi connectivity index (χ1n) is 39.5. The average Bonchev–Trinajstić information content (AvgIpc) is 1.17. The van der Waals surface area contributed by atoms with Gasteiger partial charge in [-0.2, -0.15) is 0 Å². The molecule has 4 aliphatic heterocycles. The molecule has 0 aromatic carbocycles. The number of aliphatic hydroxyl groups excluding tert-OH is 2. The maximum absolute atomic E-state index is 14.9. The van der Waals surface area contributed by atoms with Crippen molar-refractivity contribution >= 4 is 58.9 Å². The van der Waals surface area contributed by atoms with Gasteiger partial charge in [0.15, 0.2) is 11.5 Å². The lowest BCUT2D eigenvalue weighted by Gasteiger charge is -2.54. The highest BCUT2D eigenvalue weighted by molar-refractivity contribution is 6.39. The van der Waals surface area contributed by atoms with Crippen LogP contribution in [0.5, 0.6) is 0 Å². The Kier molecular flexibility index (Phi) is 31.1. The molecule has 0 unspecified atom stereocenters. The van der Waals surface area contributed by atoms with Crippen LogP contribution in [-0.2, 0) is 95.3 Å². The smallest absolute Gasteiger partial charge is 0.340 e. The van der Waals surface area contributed by atoms with E-state index in [2.05, 4.69) is 0 Å². The number of amides is 1. The number of ether oxygens (including phenoxy) is 10. The van der Waals surface area contributed by atoms with Crippen molar-refractivity contribution in [1.29, 1.82) is 0 Å². The zero-order chi connectivity index (χ0) is 81.0. The van der Waals surface area contributed by atoms with Crippen molar-refractivity contribution in [3.63, 3.8) is 0 Å². The van der Waals surface area contributed by atoms with Gasteiger partial charge in [0.05, 0.1) is 48.7 Å². The summed E-state index contributed by atoms with van der Waals surface area (Å²) in [5, 5.41) is 36.1. The topological polar surface area (TPSA) is 333 Å². The lowest BCUT2D eigenvalue weighted by Crippen LogP contribution is -2.61. The van der Waals surface area contributed by atoms with Crippen LogP contribution in [0.4, 0.5) is 0 Å². The number of fused-ring (bicyclic) bond motifs is 7. The summed E-state index contributed by atoms with van der Waals surface area (Å²) >= 11 is 0. The van der Waals surface area contributed by atoms with Gasteiger partial charge in [0, 0.05) is 109 Å². The molecule has 5 fully saturated rings. The first-order valence-corrected chi connectivity index (χ1v) is 39.5. The number of hydrogen-bond donors (Lipinski definition) is 3. The van der Waals surface area contributed by atoms with Crippen LogP contribution < -0.4 is 0 Å². The summed E-state index contributed by atoms with van der Waals surface area (Å²) in [5.41, 5.74) is -0.654. The minimum Gasteiger partial charge on any atom is -0.504 e. The molecule has 2 bridgehead atoms. The number of Topliss-reactive ketones (excluding diaryl/α,β-unsaturated/α-hetero) is 4. The fourth-order valence-electron chi connectivity index (χ4n) is 18.3. The minimum atomic E-state index is -2.52. The van der Waals surface area contributed by atoms with Crippen molar-refractivity contribution in [2.45, 2.75) is 258 Å². The van der Waals surface area contributed by atoms with Crippen LogP contribution in [0, 0.1) is 52.3 Å². The number of rotatable bonds is 19. The maximum atomic E-state index is 14.9. The maximum Gasteiger partial charge on any atom is 0.340 e. The Morgan fingerprint density at radius 2 is 1.49 bits per heavy atom. The van der Waals surface area contributed by atoms with Crippen molar-refractivity contribution < 1.29 is 111 Å². The molecule has 8 rings (SSSR count). The zero-order valence-electron chi connectivity index (χ0n) is 67.8. The number of methoxy groups -OCH3 is 4. The molecule has 2 saturated carbocycles. The molecule has 3 N–H and O–H groups in total. The van der Waals surface area contributed by atoms with Crippen molar-refractivity contribution in [2.75, 3.05) is 75.8 Å². The Balaban J connectivity index is 0.960. The Labute approximate surface area is 649 Å². The summed E-state index contributed by atoms with van der Waals surface area (Å²) in [6.07, 6.45) is 8.10. The van der Waals surface area contributed by atoms with E-state index in [0.29, 0.717) is 81.9 Å². The van der Waals surface area contributed by atoms with E-state index in [-0.39, 0.29) is 98.2 Å². The van der Waals surface area contributed by atoms with Crippen LogP contribution in [0.3, 0.4) is 0 Å². The number of cyclic esters (lactones) is 2. The van der Waals surface area contributed by atoms with Gasteiger partial charge in [0.1, 0.15) is 54.6 Å². The molecule has 0 aromatic heterocycles. The van der Waals surface area contributed by atoms with Gasteiger partial charge in [-0.25, -0.2) is 9.59 Å². The SMILES string of the molecule is COC[C@H]1OC(=O)/C(=C/N(C)CCCN(C)C)C2=C(O)C(=O)C3=C([C@H](OC(C)=O)C[C@]4(C)[C@@H](OC(=O)CCC(=O)O[C@@H]5CC[C@@H](C[C@@H](C)[C@@H]6CC(=O)[C@H](C)/C=C(\C)[C@@H](O)[C@@H](OC)C(=O)[C@H](C)C[C@H](C)/C=C/C=C/C=C(\C)[C@@H](OC)C[C@@H]7CC[C@@H](C)[C@@](O)(O7)C(=O)C(=O)N7CCCC[C@H]7C(=O)O6)C[C@H]5OC)CC[C@@H]34)[C@]21C. The van der Waals surface area contributed by atoms with E-state index in [9.17, 15) is 63.3 Å². The molecule has 0 radical (unpaired) electrons. The van der Waals surface area contributed by atoms with Gasteiger partial charge in [-0.3, -0.25) is 38.4 Å². The predicted molar refractivity (Wildman–Crippen MR) is 405 cm³/mol. The monoisotopic (exact) mass is 1540 g/mol. The van der Waals surface area contributed by atoms with Crippen molar-refractivity contribution in [3.8, 4) is 0 Å². The molecule has 110 heavy (non-hydrogen) atoms. The summed E-state index contributed by atoms with van der Waals surface area (Å²) in [5.74, 6) is -13.9. The number of nitrogens with zero attached hydrogens (tertiary/aromatic N) is 3. The fraction of sp³-hybridized carbons (Fsp3) is 0.714. The number of aliphatic hydroxyl groups is 3. The van der Waals surface area contributed by atoms with Crippen LogP contribution in [0.2, 0.25) is 0 Å². The average molecular weight is 1540 g/mol. The normalized spacial score (nSPS) is 37.0. The van der Waals surface area contributed by atoms with Crippen LogP contribution in [-0.4, -0.2) is 238 Å². The highest BCUT2D eigenvalue weighted by atomic mass is 16.6. The molecular weight excluding hydrogens is 1420 g/mol. The van der Waals surface area contributed by atoms with Gasteiger partial charge in [0.25, 0.3) is 11.7 Å². The summed E-state index contributed by atoms with van der Waals surface area (Å²) in [7, 11) is 11.5. The number of hydrogen-bond acceptors (Lipinski definition) is 25. The van der Waals surface area contributed by atoms with E-state index in [4.69, 9.17) is 47.4 Å². The lowest BCUT2D eigenvalue weighted by molar-refractivity contribution is -0.265. The molecule has 8 aliphatic rings. The molecule has 4 heterocycles. The molecule has 26 heteroatoms. The summed E-state index contributed by atoms with van der Waals surface area (Å²) in [4.78, 5) is 147. The van der Waals surface area contributed by atoms with Crippen LogP contribution in [0.1, 0.15) is 185 Å². The third kappa shape index (κ3) is 20.3. The van der Waals surface area contributed by atoms with E-state index in [1.807, 2.05) is 77.1 Å². The Morgan fingerprint density at radius 1 is 0.782 bits per heavy atom. The molecule has 0 aromatic rings. The van der Waals surface area contributed by atoms with Crippen LogP contribution >= 0.6 is 0 Å². The summed E-state index contributed by atoms with van der Waals surface area (Å²) in [6.45, 7) is 18.5. The first-order chi connectivity index (χ1) is 52.0. The van der Waals surface area contributed by atoms with Gasteiger partial charge < -0.3 is 77.4 Å². The Bertz CT molecular complexity index is 3610. The highest BCUT2D eigenvalue weighted by Crippen LogP contribution is 2.64. The second-order valence-corrected chi connectivity index (χ2v) is 33.1. The van der Waals surface area contributed by atoms with Gasteiger partial charge in [-0.1, -0.05) is 78.0 Å². The lowest BCUT2D eigenvalue weighted by atomic mass is 9.53. The number of ketones is 4. The third-order valence-corrected chi connectivity index (χ3v) is 24.6. The number of carbonyl (C=O) groups excluding carboxylic acids is 10. The van der Waals surface area contributed by atoms with Crippen LogP contribution in [0.25, 0.3) is 0 Å². The standard InChI is InChI=1S/C84H123N3O23/c1-47-24-19-18-20-25-48(2)62(102-15)42-56-29-27-53(7)84(100,110-56)78(96)79(97)87-37-22-21-26-59(87)81(99)107-63(43-60(89)49(3)39-52(6)74(93)77(104-17)73(92)51(5)38-47)50(4)40-55-28-31-61(64(41-55)103-16)106-68(90)33-34-69(91)108-66-32-30-58-70-72(65(105-54(8)88)44-82(58,66)9)83(10)67(46-101-14)109-80(98)57(71(83)76(95)75(70)94)45-86(13)36-23-35-85(11)12/h18-20,24-25,39,45,47,49-51,53,55-56,58-59,61-67,74,77,93,95,100H,21-23,26-38,40-44,46H2,1-17H3/b20-18+,24-19+,48-25+,52-39+,57-45+/t47-,49-,50-,51-,53-,55+,56+,58+,59+,61-,62+,63+,64-,65-,66+,67-,74-,77+,82+,83+,84-/m1/s1. The molecule has 26 nitrogen and oxygen atoms in total. The fourth-order valence-corrected chi connectivity index (χ4v) is 18.3. The van der Waals surface area contributed by atoms with Crippen LogP contribution in [0.15, 0.2) is 81.9 Å². The van der Waals surface area contributed by atoms with Gasteiger partial charge in [0.2, 0.25) is 11.6 Å². The number of carbonyl (C=O) groups is 10. The second kappa shape index (κ2) is 38.7. The summed E-state index contributed by atoms with van der Waals surface area (Å²) in [6, 6.07) is -1.26. The molecule has 0 spiro atoms. The Hall–Kier alpha value is -7.04. The predicted octanol–water partition coefficient (Wildman–Crippen LogP) is 9.21. The quantitative estimate of drug-likeness (QED) is 0.0356. The van der Waals surface area contributed by atoms with Crippen molar-refractivity contribution in [2.24, 2.45) is 52.3 Å². The molecule has 4 aliphatic carbocycles. The highest BCUT2D eigenvalue weighted by Gasteiger charge is 2.66. The number of piperidine rings is 1. The van der Waals surface area contributed by atoms with Crippen molar-refractivity contribution in [3.05, 3.63) is 81.9 Å². The largest absolute Gasteiger partial charge is 0.504 e. The first kappa shape index (κ1) is 88.5. The van der Waals surface area contributed by atoms with Gasteiger partial charge >= 0.3 is 29.8 Å². The molecular formula is C84H123N3O23. The number of allylic oxidation sites excluding steroid dienone is 7. The van der Waals surface area contributed by atoms with E-state index < -0.39 is 166 Å². The third-order valence-electron chi connectivity index (χ3n) is 24.6. The Morgan fingerprint density at radius 3 is 2.15 bits per heavy atom. The second-order valence-electron chi connectivity index (χ2n) is 33.1. The zero-order valence-corrected chi connectivity index (χ0v) is 67.8. The van der Waals surface area contributed by atoms with E-state index in [0.717, 1.165) is 23.4 Å². The molecule has 1 amide bonds. The van der Waals surface area contributed by atoms with Gasteiger partial charge in [-0.15, -0.1) is 0 Å². The number of esters is 5. The van der Waals surface area contributed by atoms with Crippen molar-refractivity contribution in [1.82, 2.24) is 14.7 Å². The summed E-state index contributed by atoms with van der Waals surface area (Å²) < 4.78 is 60.3. The van der Waals surface area contributed by atoms with E-state index >= 15 is 0 Å².